The first-order chi connectivity index (χ1) is 13.5. The van der Waals surface area contributed by atoms with E-state index in [2.05, 4.69) is 24.3 Å². The minimum atomic E-state index is -0.325. The molecule has 0 aliphatic heterocycles. The molecule has 0 fully saturated rings. The van der Waals surface area contributed by atoms with Gasteiger partial charge in [-0.15, -0.1) is 0 Å². The minimum absolute atomic E-state index is 0.132. The molecule has 146 valence electrons. The molecule has 3 rings (SSSR count). The van der Waals surface area contributed by atoms with Gasteiger partial charge in [0, 0.05) is 23.8 Å². The van der Waals surface area contributed by atoms with Gasteiger partial charge in [-0.25, -0.2) is 9.48 Å². The van der Waals surface area contributed by atoms with Gasteiger partial charge in [0.15, 0.2) is 0 Å². The van der Waals surface area contributed by atoms with E-state index in [1.54, 1.807) is 19.2 Å². The first-order valence-electron chi connectivity index (χ1n) is 9.13. The lowest BCUT2D eigenvalue weighted by Gasteiger charge is -2.14. The molecule has 0 spiro atoms. The number of ether oxygens (including phenoxy) is 2. The molecule has 0 unspecified atom stereocenters. The topological polar surface area (TPSA) is 65.4 Å². The number of esters is 1. The Morgan fingerprint density at radius 2 is 1.79 bits per heavy atom. The maximum absolute atomic E-state index is 11.5. The summed E-state index contributed by atoms with van der Waals surface area (Å²) in [5.74, 6) is 0.497. The maximum Gasteiger partial charge on any atom is 0.337 e. The van der Waals surface area contributed by atoms with Crippen LogP contribution in [-0.4, -0.2) is 30.0 Å². The third kappa shape index (κ3) is 4.23. The highest BCUT2D eigenvalue weighted by atomic mass is 16.5. The summed E-state index contributed by atoms with van der Waals surface area (Å²) in [4.78, 5) is 11.5. The summed E-state index contributed by atoms with van der Waals surface area (Å²) in [6.45, 7) is 4.87. The maximum atomic E-state index is 11.5. The van der Waals surface area contributed by atoms with Crippen LogP contribution < -0.4 is 10.1 Å². The van der Waals surface area contributed by atoms with Gasteiger partial charge in [-0.1, -0.05) is 12.1 Å². The van der Waals surface area contributed by atoms with Gasteiger partial charge in [0.25, 0.3) is 0 Å². The summed E-state index contributed by atoms with van der Waals surface area (Å²) in [5, 5.41) is 8.05. The molecule has 0 bridgehead atoms. The van der Waals surface area contributed by atoms with Gasteiger partial charge in [-0.2, -0.15) is 5.10 Å². The fourth-order valence-electron chi connectivity index (χ4n) is 3.09. The molecule has 6 heteroatoms. The number of hydrogen-bond donors (Lipinski definition) is 1. The lowest BCUT2D eigenvalue weighted by Crippen LogP contribution is -2.18. The van der Waals surface area contributed by atoms with Crippen molar-refractivity contribution in [1.29, 1.82) is 0 Å². The Hall–Kier alpha value is -3.12. The van der Waals surface area contributed by atoms with Gasteiger partial charge in [-0.05, 0) is 55.8 Å². The van der Waals surface area contributed by atoms with Crippen LogP contribution in [0.25, 0.3) is 5.69 Å². The minimum Gasteiger partial charge on any atom is -0.497 e. The van der Waals surface area contributed by atoms with E-state index in [4.69, 9.17) is 9.47 Å². The highest BCUT2D eigenvalue weighted by Gasteiger charge is 2.14. The standard InChI is InChI=1S/C22H25N3O3/c1-15(23-13-17-5-7-18(8-6-17)22(26)28-4)21-14-24-25(16(21)2)19-9-11-20(27-3)12-10-19/h5-12,14-15,23H,13H2,1-4H3/t15-/m0/s1. The molecule has 0 aliphatic carbocycles. The van der Waals surface area contributed by atoms with E-state index in [1.165, 1.54) is 7.11 Å². The van der Waals surface area contributed by atoms with Gasteiger partial charge < -0.3 is 14.8 Å². The first-order valence-corrected chi connectivity index (χ1v) is 9.13. The van der Waals surface area contributed by atoms with Crippen LogP contribution in [0.5, 0.6) is 5.75 Å². The SMILES string of the molecule is COC(=O)c1ccc(CN[C@@H](C)c2cnn(-c3ccc(OC)cc3)c2C)cc1. The number of carbonyl (C=O) groups is 1. The smallest absolute Gasteiger partial charge is 0.337 e. The quantitative estimate of drug-likeness (QED) is 0.632. The molecule has 1 aromatic heterocycles. The molecule has 1 atom stereocenters. The number of aromatic nitrogens is 2. The van der Waals surface area contributed by atoms with E-state index in [-0.39, 0.29) is 12.0 Å². The van der Waals surface area contributed by atoms with Crippen molar-refractivity contribution in [1.82, 2.24) is 15.1 Å². The molecule has 0 amide bonds. The lowest BCUT2D eigenvalue weighted by molar-refractivity contribution is 0.0600. The zero-order valence-corrected chi connectivity index (χ0v) is 16.6. The molecular weight excluding hydrogens is 354 g/mol. The van der Waals surface area contributed by atoms with E-state index in [9.17, 15) is 4.79 Å². The number of benzene rings is 2. The Bertz CT molecular complexity index is 931. The van der Waals surface area contributed by atoms with E-state index in [1.807, 2.05) is 47.3 Å². The molecular formula is C22H25N3O3. The van der Waals surface area contributed by atoms with Crippen LogP contribution in [0, 0.1) is 6.92 Å². The second-order valence-corrected chi connectivity index (χ2v) is 6.59. The van der Waals surface area contributed by atoms with Crippen molar-refractivity contribution < 1.29 is 14.3 Å². The Morgan fingerprint density at radius 3 is 2.39 bits per heavy atom. The molecule has 0 radical (unpaired) electrons. The van der Waals surface area contributed by atoms with Crippen LogP contribution in [0.3, 0.4) is 0 Å². The molecule has 0 aliphatic rings. The number of rotatable bonds is 7. The van der Waals surface area contributed by atoms with Crippen molar-refractivity contribution in [2.24, 2.45) is 0 Å². The van der Waals surface area contributed by atoms with Gasteiger partial charge in [0.05, 0.1) is 31.7 Å². The summed E-state index contributed by atoms with van der Waals surface area (Å²) >= 11 is 0. The molecule has 0 saturated heterocycles. The van der Waals surface area contributed by atoms with Crippen LogP contribution >= 0.6 is 0 Å². The monoisotopic (exact) mass is 379 g/mol. The second-order valence-electron chi connectivity index (χ2n) is 6.59. The highest BCUT2D eigenvalue weighted by molar-refractivity contribution is 5.89. The van der Waals surface area contributed by atoms with Gasteiger partial charge >= 0.3 is 5.97 Å². The molecule has 0 saturated carbocycles. The largest absolute Gasteiger partial charge is 0.497 e. The fourth-order valence-corrected chi connectivity index (χ4v) is 3.09. The summed E-state index contributed by atoms with van der Waals surface area (Å²) in [5.41, 5.74) is 4.87. The molecule has 6 nitrogen and oxygen atoms in total. The zero-order chi connectivity index (χ0) is 20.1. The molecule has 2 aromatic carbocycles. The summed E-state index contributed by atoms with van der Waals surface area (Å²) < 4.78 is 11.9. The highest BCUT2D eigenvalue weighted by Crippen LogP contribution is 2.22. The Kier molecular flexibility index (Phi) is 6.11. The Labute approximate surface area is 165 Å². The van der Waals surface area contributed by atoms with Crippen LogP contribution in [0.4, 0.5) is 0 Å². The zero-order valence-electron chi connectivity index (χ0n) is 16.6. The molecule has 3 aromatic rings. The lowest BCUT2D eigenvalue weighted by atomic mass is 10.1. The van der Waals surface area contributed by atoms with E-state index in [0.717, 1.165) is 28.3 Å². The first kappa shape index (κ1) is 19.6. The number of methoxy groups -OCH3 is 2. The number of nitrogens with zero attached hydrogens (tertiary/aromatic N) is 2. The third-order valence-electron chi connectivity index (χ3n) is 4.82. The Morgan fingerprint density at radius 1 is 1.11 bits per heavy atom. The van der Waals surface area contributed by atoms with Crippen molar-refractivity contribution in [2.75, 3.05) is 14.2 Å². The van der Waals surface area contributed by atoms with E-state index in [0.29, 0.717) is 12.1 Å². The van der Waals surface area contributed by atoms with Crippen LogP contribution in [0.15, 0.2) is 54.7 Å². The number of hydrogen-bond acceptors (Lipinski definition) is 5. The summed E-state index contributed by atoms with van der Waals surface area (Å²) in [6, 6.07) is 15.4. The summed E-state index contributed by atoms with van der Waals surface area (Å²) in [7, 11) is 3.04. The van der Waals surface area contributed by atoms with E-state index >= 15 is 0 Å². The van der Waals surface area contributed by atoms with Crippen molar-refractivity contribution >= 4 is 5.97 Å². The second kappa shape index (κ2) is 8.71. The number of nitrogens with one attached hydrogen (secondary N) is 1. The van der Waals surface area contributed by atoms with Crippen molar-refractivity contribution in [3.63, 3.8) is 0 Å². The van der Waals surface area contributed by atoms with Crippen molar-refractivity contribution in [3.8, 4) is 11.4 Å². The molecule has 28 heavy (non-hydrogen) atoms. The average Bonchev–Trinajstić information content (AvgIpc) is 3.13. The van der Waals surface area contributed by atoms with Crippen LogP contribution in [0.2, 0.25) is 0 Å². The van der Waals surface area contributed by atoms with Crippen molar-refractivity contribution in [3.05, 3.63) is 77.1 Å². The fraction of sp³-hybridized carbons (Fsp3) is 0.273. The van der Waals surface area contributed by atoms with Crippen LogP contribution in [-0.2, 0) is 11.3 Å². The predicted octanol–water partition coefficient (Wildman–Crippen LogP) is 3.83. The van der Waals surface area contributed by atoms with Crippen molar-refractivity contribution in [2.45, 2.75) is 26.4 Å². The normalized spacial score (nSPS) is 11.9. The predicted molar refractivity (Wildman–Crippen MR) is 108 cm³/mol. The van der Waals surface area contributed by atoms with Gasteiger partial charge in [0.1, 0.15) is 5.75 Å². The molecule has 1 N–H and O–H groups in total. The average molecular weight is 379 g/mol. The number of carbonyl (C=O) groups excluding carboxylic acids is 1. The third-order valence-corrected chi connectivity index (χ3v) is 4.82. The Balaban J connectivity index is 1.67. The molecule has 1 heterocycles. The summed E-state index contributed by atoms with van der Waals surface area (Å²) in [6.07, 6.45) is 1.90. The van der Waals surface area contributed by atoms with Gasteiger partial charge in [-0.3, -0.25) is 0 Å². The van der Waals surface area contributed by atoms with Gasteiger partial charge in [0.2, 0.25) is 0 Å². The van der Waals surface area contributed by atoms with Crippen LogP contribution in [0.1, 0.15) is 40.1 Å². The van der Waals surface area contributed by atoms with E-state index < -0.39 is 0 Å².